The van der Waals surface area contributed by atoms with E-state index in [4.69, 9.17) is 9.72 Å². The van der Waals surface area contributed by atoms with Crippen molar-refractivity contribution in [2.24, 2.45) is 0 Å². The predicted octanol–water partition coefficient (Wildman–Crippen LogP) is 11.1. The summed E-state index contributed by atoms with van der Waals surface area (Å²) < 4.78 is 6.01. The molecular formula is C36H48N2O. The van der Waals surface area contributed by atoms with Gasteiger partial charge < -0.3 is 9.72 Å². The minimum absolute atomic E-state index is 0.809. The molecule has 0 radical (unpaired) electrons. The van der Waals surface area contributed by atoms with Gasteiger partial charge in [0.15, 0.2) is 0 Å². The molecule has 0 fully saturated rings. The number of rotatable bonds is 18. The summed E-state index contributed by atoms with van der Waals surface area (Å²) in [5.41, 5.74) is 6.82. The van der Waals surface area contributed by atoms with Crippen LogP contribution in [0.2, 0.25) is 0 Å². The molecule has 0 spiro atoms. The maximum atomic E-state index is 6.01. The molecule has 3 nitrogen and oxygen atoms in total. The third kappa shape index (κ3) is 9.56. The van der Waals surface area contributed by atoms with E-state index in [-0.39, 0.29) is 0 Å². The summed E-state index contributed by atoms with van der Waals surface area (Å²) in [5.74, 6) is 1.87. The summed E-state index contributed by atoms with van der Waals surface area (Å²) in [6.45, 7) is 5.20. The topological polar surface area (TPSA) is 37.9 Å². The fourth-order valence-corrected chi connectivity index (χ4v) is 5.31. The largest absolute Gasteiger partial charge is 0.494 e. The number of H-pyrrole nitrogens is 1. The molecule has 0 bridgehead atoms. The zero-order valence-corrected chi connectivity index (χ0v) is 24.3. The summed E-state index contributed by atoms with van der Waals surface area (Å²) in [7, 11) is 0. The smallest absolute Gasteiger partial charge is 0.138 e. The van der Waals surface area contributed by atoms with E-state index in [2.05, 4.69) is 85.6 Å². The van der Waals surface area contributed by atoms with E-state index in [0.29, 0.717) is 0 Å². The molecule has 0 saturated heterocycles. The fourth-order valence-electron chi connectivity index (χ4n) is 5.31. The van der Waals surface area contributed by atoms with Crippen LogP contribution in [0.15, 0.2) is 66.7 Å². The maximum Gasteiger partial charge on any atom is 0.138 e. The van der Waals surface area contributed by atoms with Gasteiger partial charge in [-0.05, 0) is 54.3 Å². The van der Waals surface area contributed by atoms with Gasteiger partial charge in [-0.25, -0.2) is 4.98 Å². The van der Waals surface area contributed by atoms with Crippen molar-refractivity contribution in [3.8, 4) is 28.3 Å². The monoisotopic (exact) mass is 524 g/mol. The fraction of sp³-hybridized carbons (Fsp3) is 0.472. The van der Waals surface area contributed by atoms with Crippen LogP contribution in [0.1, 0.15) is 102 Å². The Labute approximate surface area is 236 Å². The van der Waals surface area contributed by atoms with Crippen molar-refractivity contribution < 1.29 is 4.74 Å². The lowest BCUT2D eigenvalue weighted by molar-refractivity contribution is 0.304. The second-order valence-electron chi connectivity index (χ2n) is 11.2. The highest BCUT2D eigenvalue weighted by molar-refractivity contribution is 5.80. The zero-order valence-electron chi connectivity index (χ0n) is 24.3. The van der Waals surface area contributed by atoms with Crippen LogP contribution in [0.3, 0.4) is 0 Å². The minimum atomic E-state index is 0.809. The minimum Gasteiger partial charge on any atom is -0.494 e. The molecule has 3 aromatic carbocycles. The average molecular weight is 525 g/mol. The first kappa shape index (κ1) is 28.9. The molecule has 4 aromatic rings. The van der Waals surface area contributed by atoms with Gasteiger partial charge in [-0.2, -0.15) is 0 Å². The van der Waals surface area contributed by atoms with Gasteiger partial charge in [0.2, 0.25) is 0 Å². The number of fused-ring (bicyclic) bond motifs is 1. The van der Waals surface area contributed by atoms with Gasteiger partial charge in [0.1, 0.15) is 11.6 Å². The third-order valence-corrected chi connectivity index (χ3v) is 7.75. The molecule has 1 heterocycles. The first-order chi connectivity index (χ1) is 19.2. The Morgan fingerprint density at radius 1 is 0.590 bits per heavy atom. The van der Waals surface area contributed by atoms with Crippen LogP contribution < -0.4 is 4.74 Å². The molecule has 3 heteroatoms. The summed E-state index contributed by atoms with van der Waals surface area (Å²) >= 11 is 0. The van der Waals surface area contributed by atoms with Gasteiger partial charge in [0.25, 0.3) is 0 Å². The number of imidazole rings is 1. The quantitative estimate of drug-likeness (QED) is 0.131. The number of hydrogen-bond donors (Lipinski definition) is 1. The lowest BCUT2D eigenvalue weighted by Crippen LogP contribution is -1.97. The molecule has 0 atom stereocenters. The van der Waals surface area contributed by atoms with E-state index in [9.17, 15) is 0 Å². The second kappa shape index (κ2) is 16.1. The number of benzene rings is 3. The predicted molar refractivity (Wildman–Crippen MR) is 168 cm³/mol. The van der Waals surface area contributed by atoms with Gasteiger partial charge in [-0.3, -0.25) is 0 Å². The first-order valence-corrected chi connectivity index (χ1v) is 15.5. The summed E-state index contributed by atoms with van der Waals surface area (Å²) in [6.07, 6.45) is 19.3. The van der Waals surface area contributed by atoms with E-state index in [1.807, 2.05) is 0 Å². The SMILES string of the molecule is CCCCCCCCCCCCCCCCOc1ccc(-c2ccc(-c3nc4ccc(C)cc4[nH]3)cc2)cc1. The number of aromatic nitrogens is 2. The lowest BCUT2D eigenvalue weighted by atomic mass is 10.0. The van der Waals surface area contributed by atoms with Crippen LogP contribution in [-0.2, 0) is 0 Å². The van der Waals surface area contributed by atoms with Gasteiger partial charge in [-0.1, -0.05) is 133 Å². The average Bonchev–Trinajstić information content (AvgIpc) is 3.39. The van der Waals surface area contributed by atoms with Crippen molar-refractivity contribution in [1.82, 2.24) is 9.97 Å². The maximum absolute atomic E-state index is 6.01. The number of aromatic amines is 1. The third-order valence-electron chi connectivity index (χ3n) is 7.75. The molecule has 0 aliphatic carbocycles. The molecule has 39 heavy (non-hydrogen) atoms. The van der Waals surface area contributed by atoms with Gasteiger partial charge >= 0.3 is 0 Å². The highest BCUT2D eigenvalue weighted by atomic mass is 16.5. The zero-order chi connectivity index (χ0) is 27.1. The summed E-state index contributed by atoms with van der Waals surface area (Å²) in [4.78, 5) is 8.19. The molecule has 1 aromatic heterocycles. The highest BCUT2D eigenvalue weighted by Crippen LogP contribution is 2.27. The van der Waals surface area contributed by atoms with Crippen LogP contribution in [0, 0.1) is 6.92 Å². The number of aryl methyl sites for hydroxylation is 1. The Balaban J connectivity index is 1.08. The molecule has 0 aliphatic rings. The first-order valence-electron chi connectivity index (χ1n) is 15.5. The molecule has 208 valence electrons. The van der Waals surface area contributed by atoms with Crippen molar-refractivity contribution >= 4 is 11.0 Å². The van der Waals surface area contributed by atoms with Crippen molar-refractivity contribution in [3.63, 3.8) is 0 Å². The van der Waals surface area contributed by atoms with Crippen LogP contribution in [0.25, 0.3) is 33.5 Å². The van der Waals surface area contributed by atoms with Gasteiger partial charge in [0, 0.05) is 5.56 Å². The molecule has 0 unspecified atom stereocenters. The summed E-state index contributed by atoms with van der Waals surface area (Å²) in [5, 5.41) is 0. The number of unbranched alkanes of at least 4 members (excludes halogenated alkanes) is 13. The van der Waals surface area contributed by atoms with Crippen molar-refractivity contribution in [2.75, 3.05) is 6.61 Å². The van der Waals surface area contributed by atoms with E-state index < -0.39 is 0 Å². The number of hydrogen-bond acceptors (Lipinski definition) is 2. The van der Waals surface area contributed by atoms with Crippen LogP contribution >= 0.6 is 0 Å². The van der Waals surface area contributed by atoms with Crippen LogP contribution in [0.4, 0.5) is 0 Å². The lowest BCUT2D eigenvalue weighted by Gasteiger charge is -2.08. The molecule has 0 aliphatic heterocycles. The number of nitrogens with one attached hydrogen (secondary N) is 1. The molecule has 0 amide bonds. The molecule has 4 rings (SSSR count). The Hall–Kier alpha value is -3.07. The van der Waals surface area contributed by atoms with E-state index >= 15 is 0 Å². The van der Waals surface area contributed by atoms with Crippen molar-refractivity contribution in [3.05, 3.63) is 72.3 Å². The van der Waals surface area contributed by atoms with Crippen LogP contribution in [-0.4, -0.2) is 16.6 Å². The van der Waals surface area contributed by atoms with E-state index in [0.717, 1.165) is 41.2 Å². The Morgan fingerprint density at radius 3 is 1.69 bits per heavy atom. The Bertz CT molecular complexity index is 1220. The normalized spacial score (nSPS) is 11.3. The molecular weight excluding hydrogens is 476 g/mol. The Kier molecular flexibility index (Phi) is 12.0. The molecule has 1 N–H and O–H groups in total. The summed E-state index contributed by atoms with van der Waals surface area (Å²) in [6, 6.07) is 23.4. The highest BCUT2D eigenvalue weighted by Gasteiger charge is 2.06. The second-order valence-corrected chi connectivity index (χ2v) is 11.2. The standard InChI is InChI=1S/C36H48N2O/c1-3-4-5-6-7-8-9-10-11-12-13-14-15-16-27-39-33-24-22-31(23-25-33)30-18-20-32(21-19-30)36-37-34-26-17-29(2)28-35(34)38-36/h17-26,28H,3-16,27H2,1-2H3,(H,37,38). The van der Waals surface area contributed by atoms with Crippen molar-refractivity contribution in [2.45, 2.75) is 104 Å². The van der Waals surface area contributed by atoms with E-state index in [1.165, 1.54) is 100 Å². The number of ether oxygens (including phenoxy) is 1. The van der Waals surface area contributed by atoms with Gasteiger partial charge in [0.05, 0.1) is 17.6 Å². The number of nitrogens with zero attached hydrogens (tertiary/aromatic N) is 1. The van der Waals surface area contributed by atoms with Crippen LogP contribution in [0.5, 0.6) is 5.75 Å². The van der Waals surface area contributed by atoms with E-state index in [1.54, 1.807) is 0 Å². The van der Waals surface area contributed by atoms with Gasteiger partial charge in [-0.15, -0.1) is 0 Å². The van der Waals surface area contributed by atoms with Crippen molar-refractivity contribution in [1.29, 1.82) is 0 Å². The molecule has 0 saturated carbocycles. The Morgan fingerprint density at radius 2 is 1.10 bits per heavy atom.